The number of aromatic amines is 1. The molecule has 2 heterocycles. The number of carbonyl (C=O) groups excluding carboxylic acids is 1. The Morgan fingerprint density at radius 1 is 1.34 bits per heavy atom. The lowest BCUT2D eigenvalue weighted by Crippen LogP contribution is -2.39. The van der Waals surface area contributed by atoms with Crippen LogP contribution in [-0.2, 0) is 6.54 Å². The molecular weight excluding hydrogens is 376 g/mol. The van der Waals surface area contributed by atoms with E-state index in [-0.39, 0.29) is 17.3 Å². The number of fused-ring (bicyclic) bond motifs is 1. The number of aryl methyl sites for hydroxylation is 1. The van der Waals surface area contributed by atoms with Crippen LogP contribution in [0.25, 0.3) is 11.0 Å². The summed E-state index contributed by atoms with van der Waals surface area (Å²) in [5, 5.41) is 0.732. The molecule has 154 valence electrons. The number of methoxy groups -OCH3 is 1. The van der Waals surface area contributed by atoms with Gasteiger partial charge in [-0.15, -0.1) is 0 Å². The number of nitrogen functional groups attached to an aromatic ring is 1. The van der Waals surface area contributed by atoms with Gasteiger partial charge in [0.2, 0.25) is 0 Å². The zero-order chi connectivity index (χ0) is 21.3. The van der Waals surface area contributed by atoms with Gasteiger partial charge in [0.05, 0.1) is 7.11 Å². The van der Waals surface area contributed by atoms with E-state index in [9.17, 15) is 14.4 Å². The van der Waals surface area contributed by atoms with Crippen molar-refractivity contribution in [1.82, 2.24) is 9.55 Å². The van der Waals surface area contributed by atoms with Gasteiger partial charge in [0.1, 0.15) is 17.2 Å². The number of aromatic nitrogens is 2. The maximum Gasteiger partial charge on any atom is 0.330 e. The predicted molar refractivity (Wildman–Crippen MR) is 111 cm³/mol. The Balaban J connectivity index is 2.07. The first-order valence-electron chi connectivity index (χ1n) is 9.27. The third-order valence-electron chi connectivity index (χ3n) is 4.93. The molecule has 0 aliphatic rings. The van der Waals surface area contributed by atoms with Crippen LogP contribution in [0.5, 0.6) is 5.75 Å². The summed E-state index contributed by atoms with van der Waals surface area (Å²) in [7, 11) is 2.98. The van der Waals surface area contributed by atoms with Crippen molar-refractivity contribution in [1.29, 1.82) is 0 Å². The molecule has 0 bridgehead atoms. The summed E-state index contributed by atoms with van der Waals surface area (Å²) >= 11 is 0. The minimum atomic E-state index is -0.730. The molecule has 1 amide bonds. The number of carbonyl (C=O) groups is 1. The molecule has 2 aromatic heterocycles. The Hall–Kier alpha value is -3.49. The zero-order valence-corrected chi connectivity index (χ0v) is 16.9. The molecular formula is C20H24N4O5. The van der Waals surface area contributed by atoms with Crippen molar-refractivity contribution >= 4 is 28.4 Å². The van der Waals surface area contributed by atoms with E-state index in [0.717, 1.165) is 16.7 Å². The molecule has 29 heavy (non-hydrogen) atoms. The lowest BCUT2D eigenvalue weighted by Gasteiger charge is -2.19. The second-order valence-electron chi connectivity index (χ2n) is 6.78. The molecule has 0 radical (unpaired) electrons. The normalized spacial score (nSPS) is 11.0. The molecule has 9 nitrogen and oxygen atoms in total. The van der Waals surface area contributed by atoms with Crippen molar-refractivity contribution < 1.29 is 13.9 Å². The SMILES string of the molecule is CCCCn1c(N)c(N(C)C(=O)c2oc3ccc(OC)cc3c2C)c(=O)[nH]c1=O. The Kier molecular flexibility index (Phi) is 5.49. The molecule has 1 aromatic carbocycles. The molecule has 3 rings (SSSR count). The second-order valence-corrected chi connectivity index (χ2v) is 6.78. The molecule has 0 fully saturated rings. The van der Waals surface area contributed by atoms with Crippen molar-refractivity contribution in [3.63, 3.8) is 0 Å². The highest BCUT2D eigenvalue weighted by molar-refractivity contribution is 6.08. The number of nitrogens with one attached hydrogen (secondary N) is 1. The van der Waals surface area contributed by atoms with Gasteiger partial charge >= 0.3 is 5.69 Å². The van der Waals surface area contributed by atoms with E-state index in [1.807, 2.05) is 6.92 Å². The zero-order valence-electron chi connectivity index (χ0n) is 16.9. The van der Waals surface area contributed by atoms with Crippen molar-refractivity contribution in [2.75, 3.05) is 24.8 Å². The lowest BCUT2D eigenvalue weighted by atomic mass is 10.1. The van der Waals surface area contributed by atoms with Gasteiger partial charge in [-0.2, -0.15) is 0 Å². The predicted octanol–water partition coefficient (Wildman–Crippen LogP) is 2.26. The summed E-state index contributed by atoms with van der Waals surface area (Å²) in [4.78, 5) is 41.0. The van der Waals surface area contributed by atoms with Crippen molar-refractivity contribution in [2.24, 2.45) is 0 Å². The maximum absolute atomic E-state index is 13.1. The van der Waals surface area contributed by atoms with Gasteiger partial charge in [0, 0.05) is 24.5 Å². The number of rotatable bonds is 6. The summed E-state index contributed by atoms with van der Waals surface area (Å²) in [6.07, 6.45) is 1.55. The van der Waals surface area contributed by atoms with E-state index >= 15 is 0 Å². The molecule has 9 heteroatoms. The molecule has 0 aliphatic heterocycles. The minimum Gasteiger partial charge on any atom is -0.497 e. The fourth-order valence-electron chi connectivity index (χ4n) is 3.22. The summed E-state index contributed by atoms with van der Waals surface area (Å²) < 4.78 is 12.2. The number of benzene rings is 1. The Morgan fingerprint density at radius 3 is 2.72 bits per heavy atom. The highest BCUT2D eigenvalue weighted by Crippen LogP contribution is 2.30. The number of hydrogen-bond donors (Lipinski definition) is 2. The largest absolute Gasteiger partial charge is 0.497 e. The number of nitrogens with zero attached hydrogens (tertiary/aromatic N) is 2. The van der Waals surface area contributed by atoms with E-state index in [1.54, 1.807) is 32.2 Å². The number of ether oxygens (including phenoxy) is 1. The van der Waals surface area contributed by atoms with Crippen LogP contribution in [0.1, 0.15) is 35.9 Å². The highest BCUT2D eigenvalue weighted by Gasteiger charge is 2.26. The number of nitrogens with two attached hydrogens (primary N) is 1. The molecule has 0 unspecified atom stereocenters. The van der Waals surface area contributed by atoms with Gasteiger partial charge in [-0.1, -0.05) is 13.3 Å². The quantitative estimate of drug-likeness (QED) is 0.654. The number of anilines is 2. The molecule has 0 saturated carbocycles. The van der Waals surface area contributed by atoms with Gasteiger partial charge in [0.25, 0.3) is 11.5 Å². The molecule has 0 spiro atoms. The maximum atomic E-state index is 13.1. The molecule has 3 aromatic rings. The number of H-pyrrole nitrogens is 1. The average molecular weight is 400 g/mol. The van der Waals surface area contributed by atoms with E-state index in [0.29, 0.717) is 29.9 Å². The van der Waals surface area contributed by atoms with Crippen LogP contribution in [0, 0.1) is 6.92 Å². The van der Waals surface area contributed by atoms with E-state index in [4.69, 9.17) is 14.9 Å². The molecule has 3 N–H and O–H groups in total. The van der Waals surface area contributed by atoms with Gasteiger partial charge in [0.15, 0.2) is 11.4 Å². The fraction of sp³-hybridized carbons (Fsp3) is 0.350. The van der Waals surface area contributed by atoms with Crippen LogP contribution in [0.2, 0.25) is 0 Å². The Bertz CT molecular complexity index is 1190. The average Bonchev–Trinajstić information content (AvgIpc) is 3.02. The van der Waals surface area contributed by atoms with E-state index in [2.05, 4.69) is 4.98 Å². The number of hydrogen-bond acceptors (Lipinski definition) is 6. The van der Waals surface area contributed by atoms with Gasteiger partial charge < -0.3 is 19.8 Å². The van der Waals surface area contributed by atoms with Crippen LogP contribution in [0.4, 0.5) is 11.5 Å². The van der Waals surface area contributed by atoms with Crippen molar-refractivity contribution in [2.45, 2.75) is 33.2 Å². The number of furan rings is 1. The highest BCUT2D eigenvalue weighted by atomic mass is 16.5. The summed E-state index contributed by atoms with van der Waals surface area (Å²) in [6.45, 7) is 4.07. The van der Waals surface area contributed by atoms with Crippen LogP contribution in [-0.4, -0.2) is 29.6 Å². The molecule has 0 atom stereocenters. The standard InChI is InChI=1S/C20H24N4O5/c1-5-6-9-24-17(21)15(18(25)22-20(24)27)23(3)19(26)16-11(2)13-10-12(28-4)7-8-14(13)29-16/h7-8,10H,5-6,9,21H2,1-4H3,(H,22,25,27). The van der Waals surface area contributed by atoms with Crippen LogP contribution in [0.3, 0.4) is 0 Å². The third-order valence-corrected chi connectivity index (χ3v) is 4.93. The summed E-state index contributed by atoms with van der Waals surface area (Å²) in [5.74, 6) is 0.118. The van der Waals surface area contributed by atoms with Gasteiger partial charge in [-0.05, 0) is 31.5 Å². The van der Waals surface area contributed by atoms with E-state index in [1.165, 1.54) is 11.6 Å². The number of unbranched alkanes of at least 4 members (excludes halogenated alkanes) is 1. The van der Waals surface area contributed by atoms with Crippen LogP contribution in [0.15, 0.2) is 32.2 Å². The smallest absolute Gasteiger partial charge is 0.330 e. The van der Waals surface area contributed by atoms with Crippen LogP contribution >= 0.6 is 0 Å². The Morgan fingerprint density at radius 2 is 2.07 bits per heavy atom. The summed E-state index contributed by atoms with van der Waals surface area (Å²) in [6, 6.07) is 5.22. The van der Waals surface area contributed by atoms with Crippen molar-refractivity contribution in [3.8, 4) is 5.75 Å². The monoisotopic (exact) mass is 400 g/mol. The fourth-order valence-corrected chi connectivity index (χ4v) is 3.22. The number of amides is 1. The first kappa shape index (κ1) is 20.2. The summed E-state index contributed by atoms with van der Waals surface area (Å²) in [5.41, 5.74) is 5.81. The minimum absolute atomic E-state index is 0.0570. The lowest BCUT2D eigenvalue weighted by molar-refractivity contribution is 0.0967. The molecule has 0 saturated heterocycles. The van der Waals surface area contributed by atoms with Gasteiger partial charge in [-0.25, -0.2) is 4.79 Å². The van der Waals surface area contributed by atoms with Crippen molar-refractivity contribution in [3.05, 3.63) is 50.4 Å². The van der Waals surface area contributed by atoms with E-state index < -0.39 is 17.2 Å². The first-order chi connectivity index (χ1) is 13.8. The topological polar surface area (TPSA) is 124 Å². The second kappa shape index (κ2) is 7.86. The van der Waals surface area contributed by atoms with Crippen LogP contribution < -0.4 is 26.6 Å². The Labute approximate surface area is 166 Å². The third kappa shape index (κ3) is 3.51. The van der Waals surface area contributed by atoms with Gasteiger partial charge in [-0.3, -0.25) is 19.1 Å². The first-order valence-corrected chi connectivity index (χ1v) is 9.27. The molecule has 0 aliphatic carbocycles.